The Morgan fingerprint density at radius 3 is 2.64 bits per heavy atom. The van der Waals surface area contributed by atoms with Crippen molar-refractivity contribution in [3.63, 3.8) is 0 Å². The maximum atomic E-state index is 11.7. The lowest BCUT2D eigenvalue weighted by Crippen LogP contribution is -2.32. The highest BCUT2D eigenvalue weighted by atomic mass is 32.1. The van der Waals surface area contributed by atoms with Gasteiger partial charge in [-0.1, -0.05) is 37.0 Å². The van der Waals surface area contributed by atoms with Gasteiger partial charge in [0.2, 0.25) is 11.8 Å². The Bertz CT molecular complexity index is 552. The third-order valence-electron chi connectivity index (χ3n) is 3.70. The summed E-state index contributed by atoms with van der Waals surface area (Å²) in [6.07, 6.45) is 7.59. The van der Waals surface area contributed by atoms with Gasteiger partial charge in [-0.15, -0.1) is 0 Å². The van der Waals surface area contributed by atoms with Crippen LogP contribution in [-0.2, 0) is 9.59 Å². The van der Waals surface area contributed by atoms with Crippen molar-refractivity contribution >= 4 is 34.2 Å². The summed E-state index contributed by atoms with van der Waals surface area (Å²) in [6.45, 7) is -0.102. The van der Waals surface area contributed by atoms with Crippen LogP contribution in [0.25, 0.3) is 0 Å². The van der Waals surface area contributed by atoms with E-state index in [9.17, 15) is 14.4 Å². The fourth-order valence-electron chi connectivity index (χ4n) is 2.51. The Morgan fingerprint density at radius 1 is 1.27 bits per heavy atom. The van der Waals surface area contributed by atoms with Crippen molar-refractivity contribution in [1.82, 2.24) is 10.3 Å². The van der Waals surface area contributed by atoms with E-state index in [1.165, 1.54) is 31.9 Å². The van der Waals surface area contributed by atoms with Crippen molar-refractivity contribution in [3.8, 4) is 0 Å². The number of anilines is 1. The molecule has 0 saturated heterocycles. The molecule has 0 radical (unpaired) electrons. The molecule has 7 nitrogen and oxygen atoms in total. The number of nitrogens with zero attached hydrogens (tertiary/aromatic N) is 1. The second-order valence-electron chi connectivity index (χ2n) is 5.41. The highest BCUT2D eigenvalue weighted by Gasteiger charge is 2.16. The molecule has 1 aliphatic rings. The summed E-state index contributed by atoms with van der Waals surface area (Å²) in [5.74, 6) is -0.418. The summed E-state index contributed by atoms with van der Waals surface area (Å²) in [4.78, 5) is 38.4. The van der Waals surface area contributed by atoms with Crippen molar-refractivity contribution in [2.24, 2.45) is 11.7 Å². The third kappa shape index (κ3) is 5.10. The fourth-order valence-corrected chi connectivity index (χ4v) is 3.20. The molecule has 1 aromatic heterocycles. The minimum absolute atomic E-state index is 0.102. The molecule has 4 N–H and O–H groups in total. The van der Waals surface area contributed by atoms with Crippen LogP contribution >= 0.6 is 11.3 Å². The molecule has 0 aliphatic heterocycles. The second-order valence-corrected chi connectivity index (χ2v) is 6.44. The van der Waals surface area contributed by atoms with E-state index in [0.29, 0.717) is 17.5 Å². The van der Waals surface area contributed by atoms with Gasteiger partial charge in [0.05, 0.1) is 12.7 Å². The van der Waals surface area contributed by atoms with Crippen LogP contribution in [0.4, 0.5) is 5.13 Å². The number of nitrogens with two attached hydrogens (primary N) is 1. The van der Waals surface area contributed by atoms with Crippen molar-refractivity contribution in [2.45, 2.75) is 38.5 Å². The maximum Gasteiger partial charge on any atom is 0.260 e. The van der Waals surface area contributed by atoms with Gasteiger partial charge in [-0.3, -0.25) is 14.4 Å². The summed E-state index contributed by atoms with van der Waals surface area (Å²) in [6, 6.07) is 0. The van der Waals surface area contributed by atoms with Gasteiger partial charge in [0, 0.05) is 6.42 Å². The number of primary amides is 1. The smallest absolute Gasteiger partial charge is 0.260 e. The molecule has 1 saturated carbocycles. The Labute approximate surface area is 132 Å². The van der Waals surface area contributed by atoms with Crippen LogP contribution < -0.4 is 16.4 Å². The van der Waals surface area contributed by atoms with E-state index >= 15 is 0 Å². The standard InChI is InChI=1S/C14H20N4O3S/c15-13(21)10-7-17-14(22-10)18-12(20)8-16-11(19)6-5-9-3-1-2-4-9/h7,9H,1-6,8H2,(H2,15,21)(H,16,19)(H,17,18,20). The Kier molecular flexibility index (Phi) is 5.88. The van der Waals surface area contributed by atoms with Gasteiger partial charge in [0.1, 0.15) is 4.88 Å². The molecule has 120 valence electrons. The molecule has 3 amide bonds. The van der Waals surface area contributed by atoms with Gasteiger partial charge in [-0.2, -0.15) is 0 Å². The summed E-state index contributed by atoms with van der Waals surface area (Å²) in [5, 5.41) is 5.40. The number of amides is 3. The first-order valence-corrected chi connectivity index (χ1v) is 8.18. The van der Waals surface area contributed by atoms with Gasteiger partial charge in [-0.05, 0) is 12.3 Å². The normalized spacial score (nSPS) is 14.7. The average molecular weight is 324 g/mol. The van der Waals surface area contributed by atoms with Gasteiger partial charge in [-0.25, -0.2) is 4.98 Å². The zero-order valence-corrected chi connectivity index (χ0v) is 13.1. The minimum atomic E-state index is -0.585. The van der Waals surface area contributed by atoms with Crippen molar-refractivity contribution < 1.29 is 14.4 Å². The summed E-state index contributed by atoms with van der Waals surface area (Å²) < 4.78 is 0. The first kappa shape index (κ1) is 16.4. The largest absolute Gasteiger partial charge is 0.365 e. The van der Waals surface area contributed by atoms with Crippen LogP contribution in [0.1, 0.15) is 48.2 Å². The maximum absolute atomic E-state index is 11.7. The number of aromatic nitrogens is 1. The average Bonchev–Trinajstić information content (AvgIpc) is 3.14. The summed E-state index contributed by atoms with van der Waals surface area (Å²) >= 11 is 1.00. The van der Waals surface area contributed by atoms with Crippen LogP contribution in [0, 0.1) is 5.92 Å². The lowest BCUT2D eigenvalue weighted by atomic mass is 10.0. The molecule has 0 aromatic carbocycles. The Hall–Kier alpha value is -1.96. The first-order chi connectivity index (χ1) is 10.5. The summed E-state index contributed by atoms with van der Waals surface area (Å²) in [7, 11) is 0. The molecule has 1 fully saturated rings. The predicted octanol–water partition coefficient (Wildman–Crippen LogP) is 1.27. The van der Waals surface area contributed by atoms with E-state index in [0.717, 1.165) is 17.8 Å². The van der Waals surface area contributed by atoms with Crippen LogP contribution in [0.5, 0.6) is 0 Å². The predicted molar refractivity (Wildman–Crippen MR) is 83.5 cm³/mol. The minimum Gasteiger partial charge on any atom is -0.365 e. The number of carbonyl (C=O) groups is 3. The van der Waals surface area contributed by atoms with E-state index in [1.54, 1.807) is 0 Å². The SMILES string of the molecule is NC(=O)c1cnc(NC(=O)CNC(=O)CCC2CCCC2)s1. The van der Waals surface area contributed by atoms with Crippen LogP contribution in [0.15, 0.2) is 6.20 Å². The molecular weight excluding hydrogens is 304 g/mol. The topological polar surface area (TPSA) is 114 Å². The van der Waals surface area contributed by atoms with Gasteiger partial charge in [0.25, 0.3) is 5.91 Å². The summed E-state index contributed by atoms with van der Waals surface area (Å²) in [5.41, 5.74) is 5.10. The third-order valence-corrected chi connectivity index (χ3v) is 4.62. The monoisotopic (exact) mass is 324 g/mol. The lowest BCUT2D eigenvalue weighted by molar-refractivity contribution is -0.124. The number of hydrogen-bond donors (Lipinski definition) is 3. The zero-order chi connectivity index (χ0) is 15.9. The highest BCUT2D eigenvalue weighted by Crippen LogP contribution is 2.28. The second kappa shape index (κ2) is 7.88. The number of carbonyl (C=O) groups excluding carboxylic acids is 3. The quantitative estimate of drug-likeness (QED) is 0.700. The van der Waals surface area contributed by atoms with E-state index in [1.807, 2.05) is 0 Å². The van der Waals surface area contributed by atoms with Gasteiger partial charge < -0.3 is 16.4 Å². The number of hydrogen-bond acceptors (Lipinski definition) is 5. The molecule has 2 rings (SSSR count). The van der Waals surface area contributed by atoms with Crippen molar-refractivity contribution in [2.75, 3.05) is 11.9 Å². The fraction of sp³-hybridized carbons (Fsp3) is 0.571. The van der Waals surface area contributed by atoms with Crippen LogP contribution in [0.3, 0.4) is 0 Å². The van der Waals surface area contributed by atoms with E-state index in [-0.39, 0.29) is 23.2 Å². The van der Waals surface area contributed by atoms with E-state index in [2.05, 4.69) is 15.6 Å². The Balaban J connectivity index is 1.65. The van der Waals surface area contributed by atoms with Crippen LogP contribution in [-0.4, -0.2) is 29.3 Å². The van der Waals surface area contributed by atoms with Crippen molar-refractivity contribution in [3.05, 3.63) is 11.1 Å². The molecule has 22 heavy (non-hydrogen) atoms. The van der Waals surface area contributed by atoms with Crippen LogP contribution in [0.2, 0.25) is 0 Å². The molecule has 1 aromatic rings. The van der Waals surface area contributed by atoms with Crippen molar-refractivity contribution in [1.29, 1.82) is 0 Å². The number of nitrogens with one attached hydrogen (secondary N) is 2. The molecular formula is C14H20N4O3S. The van der Waals surface area contributed by atoms with E-state index in [4.69, 9.17) is 5.73 Å². The molecule has 1 heterocycles. The highest BCUT2D eigenvalue weighted by molar-refractivity contribution is 7.17. The number of thiazole rings is 1. The van der Waals surface area contributed by atoms with Gasteiger partial charge >= 0.3 is 0 Å². The molecule has 1 aliphatic carbocycles. The molecule has 0 unspecified atom stereocenters. The zero-order valence-electron chi connectivity index (χ0n) is 12.3. The van der Waals surface area contributed by atoms with Gasteiger partial charge in [0.15, 0.2) is 5.13 Å². The molecule has 0 atom stereocenters. The molecule has 0 spiro atoms. The molecule has 0 bridgehead atoms. The molecule has 8 heteroatoms. The lowest BCUT2D eigenvalue weighted by Gasteiger charge is -2.08. The first-order valence-electron chi connectivity index (χ1n) is 7.37. The van der Waals surface area contributed by atoms with E-state index < -0.39 is 5.91 Å². The Morgan fingerprint density at radius 2 is 2.00 bits per heavy atom. The number of rotatable bonds is 7.